The molecule has 0 atom stereocenters. The van der Waals surface area contributed by atoms with Gasteiger partial charge in [-0.25, -0.2) is 13.7 Å². The van der Waals surface area contributed by atoms with Gasteiger partial charge in [0, 0.05) is 0 Å². The molecular weight excluding hydrogens is 343 g/mol. The third-order valence-electron chi connectivity index (χ3n) is 3.65. The number of aromatic nitrogens is 1. The van der Waals surface area contributed by atoms with Gasteiger partial charge in [-0.3, -0.25) is 9.59 Å². The van der Waals surface area contributed by atoms with Crippen LogP contribution < -0.4 is 4.31 Å². The van der Waals surface area contributed by atoms with Gasteiger partial charge in [0.15, 0.2) is 11.4 Å². The van der Waals surface area contributed by atoms with E-state index in [1.807, 2.05) is 18.2 Å². The normalized spacial score (nSPS) is 15.4. The Balaban J connectivity index is 1.68. The summed E-state index contributed by atoms with van der Waals surface area (Å²) in [6.45, 7) is 0. The standard InChI is InChI=1S/C18H11FN2O3S/c19-13(8-11-4-2-1-3-5-11)17-20-14-9-12(6-7-16(14)24-17)21-18(23)15(22)10-25-21/h1-9H,10H2/b13-8-. The third-order valence-corrected chi connectivity index (χ3v) is 4.68. The third kappa shape index (κ3) is 2.94. The van der Waals surface area contributed by atoms with Crippen molar-refractivity contribution in [3.05, 3.63) is 60.0 Å². The van der Waals surface area contributed by atoms with Crippen molar-refractivity contribution in [2.45, 2.75) is 0 Å². The van der Waals surface area contributed by atoms with Crippen LogP contribution in [0.5, 0.6) is 0 Å². The van der Waals surface area contributed by atoms with Gasteiger partial charge in [-0.2, -0.15) is 0 Å². The van der Waals surface area contributed by atoms with Crippen molar-refractivity contribution in [2.75, 3.05) is 10.1 Å². The van der Waals surface area contributed by atoms with E-state index in [4.69, 9.17) is 4.42 Å². The Bertz CT molecular complexity index is 1010. The van der Waals surface area contributed by atoms with Gasteiger partial charge < -0.3 is 4.42 Å². The van der Waals surface area contributed by atoms with Gasteiger partial charge in [-0.1, -0.05) is 30.3 Å². The Morgan fingerprint density at radius 3 is 2.72 bits per heavy atom. The number of hydrogen-bond acceptors (Lipinski definition) is 5. The Kier molecular flexibility index (Phi) is 3.85. The average molecular weight is 354 g/mol. The number of anilines is 1. The SMILES string of the molecule is O=C1CSN(c2ccc3oc(/C(F)=C/c4ccccc4)nc3c2)C1=O. The molecule has 0 bridgehead atoms. The van der Waals surface area contributed by atoms with E-state index in [9.17, 15) is 14.0 Å². The monoisotopic (exact) mass is 354 g/mol. The highest BCUT2D eigenvalue weighted by molar-refractivity contribution is 8.03. The minimum absolute atomic E-state index is 0.120. The van der Waals surface area contributed by atoms with Crippen LogP contribution in [0.1, 0.15) is 11.5 Å². The number of carbonyl (C=O) groups excluding carboxylic acids is 2. The summed E-state index contributed by atoms with van der Waals surface area (Å²) < 4.78 is 21.1. The largest absolute Gasteiger partial charge is 0.434 e. The highest BCUT2D eigenvalue weighted by Gasteiger charge is 2.32. The second kappa shape index (κ2) is 6.18. The molecular formula is C18H11FN2O3S. The van der Waals surface area contributed by atoms with Crippen LogP contribution in [0.2, 0.25) is 0 Å². The summed E-state index contributed by atoms with van der Waals surface area (Å²) >= 11 is 1.13. The maximum absolute atomic E-state index is 14.4. The molecule has 1 saturated heterocycles. The number of ketones is 1. The van der Waals surface area contributed by atoms with E-state index in [0.717, 1.165) is 11.9 Å². The average Bonchev–Trinajstić information content (AvgIpc) is 3.19. The van der Waals surface area contributed by atoms with Crippen LogP contribution in [-0.4, -0.2) is 22.4 Å². The number of rotatable bonds is 3. The molecule has 2 aromatic carbocycles. The van der Waals surface area contributed by atoms with E-state index in [1.54, 1.807) is 30.3 Å². The summed E-state index contributed by atoms with van der Waals surface area (Å²) in [4.78, 5) is 27.3. The van der Waals surface area contributed by atoms with Gasteiger partial charge in [0.25, 0.3) is 5.89 Å². The van der Waals surface area contributed by atoms with Crippen molar-refractivity contribution in [3.63, 3.8) is 0 Å². The Morgan fingerprint density at radius 1 is 1.20 bits per heavy atom. The van der Waals surface area contributed by atoms with Crippen molar-refractivity contribution in [1.82, 2.24) is 4.98 Å². The molecule has 0 N–H and O–H groups in total. The second-order valence-electron chi connectivity index (χ2n) is 5.37. The lowest BCUT2D eigenvalue weighted by molar-refractivity contribution is -0.133. The molecule has 7 heteroatoms. The van der Waals surface area contributed by atoms with Crippen LogP contribution >= 0.6 is 11.9 Å². The molecule has 0 spiro atoms. The fraction of sp³-hybridized carbons (Fsp3) is 0.0556. The minimum atomic E-state index is -0.592. The van der Waals surface area contributed by atoms with Gasteiger partial charge in [-0.05, 0) is 41.8 Å². The molecule has 1 aliphatic heterocycles. The molecule has 0 radical (unpaired) electrons. The van der Waals surface area contributed by atoms with Crippen molar-refractivity contribution >= 4 is 52.3 Å². The van der Waals surface area contributed by atoms with Gasteiger partial charge >= 0.3 is 5.91 Å². The number of oxazole rings is 1. The van der Waals surface area contributed by atoms with Crippen LogP contribution in [0, 0.1) is 0 Å². The smallest absolute Gasteiger partial charge is 0.305 e. The molecule has 0 saturated carbocycles. The zero-order valence-corrected chi connectivity index (χ0v) is 13.6. The van der Waals surface area contributed by atoms with Gasteiger partial charge in [0.1, 0.15) is 5.52 Å². The van der Waals surface area contributed by atoms with E-state index >= 15 is 0 Å². The summed E-state index contributed by atoms with van der Waals surface area (Å²) in [5.74, 6) is -1.61. The lowest BCUT2D eigenvalue weighted by atomic mass is 10.2. The van der Waals surface area contributed by atoms with Crippen LogP contribution in [-0.2, 0) is 9.59 Å². The molecule has 1 fully saturated rings. The molecule has 3 aromatic rings. The maximum atomic E-state index is 14.4. The van der Waals surface area contributed by atoms with Gasteiger partial charge in [0.05, 0.1) is 11.4 Å². The predicted octanol–water partition coefficient (Wildman–Crippen LogP) is 3.86. The number of hydrogen-bond donors (Lipinski definition) is 0. The number of fused-ring (bicyclic) bond motifs is 1. The first kappa shape index (κ1) is 15.6. The van der Waals surface area contributed by atoms with Crippen molar-refractivity contribution in [2.24, 2.45) is 0 Å². The number of carbonyl (C=O) groups is 2. The first-order chi connectivity index (χ1) is 12.1. The molecule has 5 nitrogen and oxygen atoms in total. The molecule has 1 aromatic heterocycles. The Hall–Kier alpha value is -2.93. The van der Waals surface area contributed by atoms with Crippen LogP contribution in [0.3, 0.4) is 0 Å². The zero-order valence-electron chi connectivity index (χ0n) is 12.8. The van der Waals surface area contributed by atoms with E-state index in [2.05, 4.69) is 4.98 Å². The second-order valence-corrected chi connectivity index (χ2v) is 6.28. The first-order valence-corrected chi connectivity index (χ1v) is 8.39. The van der Waals surface area contributed by atoms with E-state index in [0.29, 0.717) is 22.4 Å². The molecule has 2 heterocycles. The lowest BCUT2D eigenvalue weighted by Gasteiger charge is -2.11. The predicted molar refractivity (Wildman–Crippen MR) is 94.4 cm³/mol. The fourth-order valence-corrected chi connectivity index (χ4v) is 3.30. The summed E-state index contributed by atoms with van der Waals surface area (Å²) in [7, 11) is 0. The zero-order chi connectivity index (χ0) is 17.4. The van der Waals surface area contributed by atoms with E-state index < -0.39 is 17.5 Å². The summed E-state index contributed by atoms with van der Waals surface area (Å²) in [5.41, 5.74) is 2.02. The fourth-order valence-electron chi connectivity index (χ4n) is 2.45. The molecule has 4 rings (SSSR count). The van der Waals surface area contributed by atoms with Gasteiger partial charge in [0.2, 0.25) is 5.78 Å². The number of nitrogens with zero attached hydrogens (tertiary/aromatic N) is 2. The van der Waals surface area contributed by atoms with Crippen LogP contribution in [0.25, 0.3) is 23.0 Å². The van der Waals surface area contributed by atoms with Gasteiger partial charge in [-0.15, -0.1) is 0 Å². The minimum Gasteiger partial charge on any atom is -0.434 e. The molecule has 25 heavy (non-hydrogen) atoms. The van der Waals surface area contributed by atoms with Crippen molar-refractivity contribution in [3.8, 4) is 0 Å². The lowest BCUT2D eigenvalue weighted by Crippen LogP contribution is -2.22. The molecule has 0 aliphatic carbocycles. The maximum Gasteiger partial charge on any atom is 0.305 e. The summed E-state index contributed by atoms with van der Waals surface area (Å²) in [5, 5.41) is 0. The van der Waals surface area contributed by atoms with Crippen molar-refractivity contribution in [1.29, 1.82) is 0 Å². The van der Waals surface area contributed by atoms with Crippen molar-refractivity contribution < 1.29 is 18.4 Å². The van der Waals surface area contributed by atoms with Crippen LogP contribution in [0.4, 0.5) is 10.1 Å². The quantitative estimate of drug-likeness (QED) is 0.528. The Morgan fingerprint density at radius 2 is 2.00 bits per heavy atom. The molecule has 1 amide bonds. The first-order valence-electron chi connectivity index (χ1n) is 7.45. The number of amides is 1. The van der Waals surface area contributed by atoms with E-state index in [1.165, 1.54) is 10.4 Å². The highest BCUT2D eigenvalue weighted by atomic mass is 32.2. The summed E-state index contributed by atoms with van der Waals surface area (Å²) in [6.07, 6.45) is 1.34. The topological polar surface area (TPSA) is 63.4 Å². The number of halogens is 1. The Labute approximate surface area is 146 Å². The molecule has 1 aliphatic rings. The highest BCUT2D eigenvalue weighted by Crippen LogP contribution is 2.32. The number of benzene rings is 2. The van der Waals surface area contributed by atoms with E-state index in [-0.39, 0.29) is 11.6 Å². The molecule has 0 unspecified atom stereocenters. The molecule has 124 valence electrons. The van der Waals surface area contributed by atoms with Crippen LogP contribution in [0.15, 0.2) is 52.9 Å². The number of Topliss-reactive ketones (excluding diaryl/α,β-unsaturated/α-hetero) is 1. The summed E-state index contributed by atoms with van der Waals surface area (Å²) in [6, 6.07) is 13.8.